The van der Waals surface area contributed by atoms with Crippen molar-refractivity contribution in [1.82, 2.24) is 4.98 Å². The van der Waals surface area contributed by atoms with Crippen LogP contribution in [0.2, 0.25) is 5.02 Å². The van der Waals surface area contributed by atoms with Gasteiger partial charge in [-0.3, -0.25) is 4.79 Å². The highest BCUT2D eigenvalue weighted by atomic mass is 35.5. The number of aromatic nitrogens is 1. The molecule has 0 aliphatic rings. The summed E-state index contributed by atoms with van der Waals surface area (Å²) < 4.78 is 5.13. The van der Waals surface area contributed by atoms with Gasteiger partial charge in [0.05, 0.1) is 34.6 Å². The maximum atomic E-state index is 12.2. The Hall–Kier alpha value is -2.68. The molecule has 1 heterocycles. The van der Waals surface area contributed by atoms with Crippen molar-refractivity contribution in [2.75, 3.05) is 18.9 Å². The van der Waals surface area contributed by atoms with Crippen LogP contribution < -0.4 is 5.73 Å². The highest BCUT2D eigenvalue weighted by molar-refractivity contribution is 6.36. The molecule has 0 amide bonds. The number of nitriles is 1. The number of benzene rings is 1. The van der Waals surface area contributed by atoms with Gasteiger partial charge in [0.15, 0.2) is 0 Å². The molecule has 0 radical (unpaired) electrons. The van der Waals surface area contributed by atoms with Gasteiger partial charge in [-0.25, -0.2) is 4.98 Å². The molecule has 23 heavy (non-hydrogen) atoms. The van der Waals surface area contributed by atoms with E-state index in [4.69, 9.17) is 27.3 Å². The molecule has 0 spiro atoms. The topological polar surface area (TPSA) is 89.0 Å². The maximum Gasteiger partial charge on any atom is 0.208 e. The Balaban J connectivity index is 2.37. The van der Waals surface area contributed by atoms with Gasteiger partial charge in [-0.15, -0.1) is 6.58 Å². The summed E-state index contributed by atoms with van der Waals surface area (Å²) in [7, 11) is 0. The summed E-state index contributed by atoms with van der Waals surface area (Å²) in [4.78, 5) is 16.5. The predicted octanol–water partition coefficient (Wildman–Crippen LogP) is 3.24. The minimum Gasteiger partial charge on any atom is -0.397 e. The van der Waals surface area contributed by atoms with Gasteiger partial charge in [-0.05, 0) is 18.2 Å². The molecular weight excluding hydrogens is 314 g/mol. The lowest BCUT2D eigenvalue weighted by Crippen LogP contribution is -2.13. The number of nitrogen functional groups attached to an aromatic ring is 1. The van der Waals surface area contributed by atoms with Gasteiger partial charge >= 0.3 is 0 Å². The molecule has 2 rings (SSSR count). The van der Waals surface area contributed by atoms with Crippen LogP contribution in [-0.4, -0.2) is 24.0 Å². The average Bonchev–Trinajstić information content (AvgIpc) is 2.57. The van der Waals surface area contributed by atoms with E-state index in [2.05, 4.69) is 11.6 Å². The van der Waals surface area contributed by atoms with E-state index in [-0.39, 0.29) is 35.4 Å². The zero-order valence-corrected chi connectivity index (χ0v) is 13.0. The van der Waals surface area contributed by atoms with Crippen LogP contribution in [0.4, 0.5) is 5.69 Å². The standard InChI is InChI=1S/C17H14ClN3O2/c1-2-7-23-10-15(22)17-16(18)13(20)8-14(21-17)12-5-3-11(9-19)4-6-12/h2-6,8H,1,7,10H2,(H2,20,21). The third kappa shape index (κ3) is 3.95. The van der Waals surface area contributed by atoms with E-state index in [0.717, 1.165) is 5.56 Å². The van der Waals surface area contributed by atoms with Crippen LogP contribution in [-0.2, 0) is 4.74 Å². The number of halogens is 1. The number of hydrogen-bond donors (Lipinski definition) is 1. The highest BCUT2D eigenvalue weighted by Crippen LogP contribution is 2.28. The first kappa shape index (κ1) is 16.7. The highest BCUT2D eigenvalue weighted by Gasteiger charge is 2.17. The van der Waals surface area contributed by atoms with Gasteiger partial charge < -0.3 is 10.5 Å². The Kier molecular flexibility index (Phi) is 5.47. The minimum absolute atomic E-state index is 0.0649. The van der Waals surface area contributed by atoms with Crippen LogP contribution in [0.5, 0.6) is 0 Å². The fourth-order valence-corrected chi connectivity index (χ4v) is 2.10. The van der Waals surface area contributed by atoms with Crippen LogP contribution in [0.3, 0.4) is 0 Å². The van der Waals surface area contributed by atoms with Crippen LogP contribution in [0.15, 0.2) is 43.0 Å². The lowest BCUT2D eigenvalue weighted by molar-refractivity contribution is 0.0801. The summed E-state index contributed by atoms with van der Waals surface area (Å²) >= 11 is 6.08. The van der Waals surface area contributed by atoms with Gasteiger partial charge in [0, 0.05) is 5.56 Å². The molecule has 2 N–H and O–H groups in total. The van der Waals surface area contributed by atoms with Gasteiger partial charge in [-0.2, -0.15) is 5.26 Å². The lowest BCUT2D eigenvalue weighted by Gasteiger charge is -2.09. The number of nitrogens with two attached hydrogens (primary N) is 1. The van der Waals surface area contributed by atoms with Crippen molar-refractivity contribution < 1.29 is 9.53 Å². The summed E-state index contributed by atoms with van der Waals surface area (Å²) in [6.45, 7) is 3.61. The van der Waals surface area contributed by atoms with Crippen molar-refractivity contribution in [3.63, 3.8) is 0 Å². The summed E-state index contributed by atoms with van der Waals surface area (Å²) in [6, 6.07) is 10.4. The second kappa shape index (κ2) is 7.54. The molecule has 5 nitrogen and oxygen atoms in total. The van der Waals surface area contributed by atoms with Crippen molar-refractivity contribution >= 4 is 23.1 Å². The molecule has 1 aromatic heterocycles. The third-order valence-corrected chi connectivity index (χ3v) is 3.43. The van der Waals surface area contributed by atoms with Crippen LogP contribution in [0, 0.1) is 11.3 Å². The Morgan fingerprint density at radius 2 is 2.13 bits per heavy atom. The second-order valence-electron chi connectivity index (χ2n) is 4.68. The quantitative estimate of drug-likeness (QED) is 0.500. The Labute approximate surface area is 139 Å². The first-order valence-electron chi connectivity index (χ1n) is 6.75. The lowest BCUT2D eigenvalue weighted by atomic mass is 10.1. The average molecular weight is 328 g/mol. The number of hydrogen-bond acceptors (Lipinski definition) is 5. The minimum atomic E-state index is -0.362. The number of carbonyl (C=O) groups is 1. The van der Waals surface area contributed by atoms with Crippen molar-refractivity contribution in [1.29, 1.82) is 5.26 Å². The van der Waals surface area contributed by atoms with Crippen molar-refractivity contribution in [3.8, 4) is 17.3 Å². The molecule has 2 aromatic rings. The normalized spacial score (nSPS) is 10.1. The van der Waals surface area contributed by atoms with Gasteiger partial charge in [0.1, 0.15) is 12.3 Å². The third-order valence-electron chi connectivity index (χ3n) is 3.03. The number of nitrogens with zero attached hydrogens (tertiary/aromatic N) is 2. The summed E-state index contributed by atoms with van der Waals surface area (Å²) in [5.41, 5.74) is 7.96. The van der Waals surface area contributed by atoms with Gasteiger partial charge in [0.25, 0.3) is 0 Å². The number of rotatable bonds is 6. The molecule has 1 aromatic carbocycles. The first-order valence-corrected chi connectivity index (χ1v) is 7.13. The number of carbonyl (C=O) groups excluding carboxylic acids is 1. The van der Waals surface area contributed by atoms with E-state index in [1.807, 2.05) is 6.07 Å². The number of Topliss-reactive ketones (excluding diaryl/α,β-unsaturated/α-hetero) is 1. The van der Waals surface area contributed by atoms with Gasteiger partial charge in [0.2, 0.25) is 5.78 Å². The van der Waals surface area contributed by atoms with Gasteiger partial charge in [-0.1, -0.05) is 29.8 Å². The number of pyridine rings is 1. The van der Waals surface area contributed by atoms with E-state index in [1.165, 1.54) is 0 Å². The number of ether oxygens (including phenoxy) is 1. The van der Waals surface area contributed by atoms with Crippen LogP contribution in [0.25, 0.3) is 11.3 Å². The summed E-state index contributed by atoms with van der Waals surface area (Å²) in [5, 5.41) is 8.94. The molecule has 0 bridgehead atoms. The fraction of sp³-hybridized carbons (Fsp3) is 0.118. The van der Waals surface area contributed by atoms with Crippen LogP contribution >= 0.6 is 11.6 Å². The van der Waals surface area contributed by atoms with E-state index in [1.54, 1.807) is 36.4 Å². The number of ketones is 1. The zero-order valence-electron chi connectivity index (χ0n) is 12.3. The first-order chi connectivity index (χ1) is 11.1. The van der Waals surface area contributed by atoms with E-state index in [0.29, 0.717) is 11.3 Å². The zero-order chi connectivity index (χ0) is 16.8. The molecule has 0 aliphatic carbocycles. The Morgan fingerprint density at radius 1 is 1.43 bits per heavy atom. The van der Waals surface area contributed by atoms with E-state index >= 15 is 0 Å². The Morgan fingerprint density at radius 3 is 2.74 bits per heavy atom. The van der Waals surface area contributed by atoms with Crippen LogP contribution in [0.1, 0.15) is 16.1 Å². The summed E-state index contributed by atoms with van der Waals surface area (Å²) in [6.07, 6.45) is 1.55. The van der Waals surface area contributed by atoms with E-state index in [9.17, 15) is 4.79 Å². The van der Waals surface area contributed by atoms with Crippen molar-refractivity contribution in [2.45, 2.75) is 0 Å². The monoisotopic (exact) mass is 327 g/mol. The molecule has 0 aliphatic heterocycles. The molecule has 116 valence electrons. The fourth-order valence-electron chi connectivity index (χ4n) is 1.90. The molecule has 0 saturated carbocycles. The van der Waals surface area contributed by atoms with Crippen molar-refractivity contribution in [2.24, 2.45) is 0 Å². The van der Waals surface area contributed by atoms with Crippen molar-refractivity contribution in [3.05, 3.63) is 59.3 Å². The molecule has 0 fully saturated rings. The SMILES string of the molecule is C=CCOCC(=O)c1nc(-c2ccc(C#N)cc2)cc(N)c1Cl. The molecule has 6 heteroatoms. The molecular formula is C17H14ClN3O2. The second-order valence-corrected chi connectivity index (χ2v) is 5.05. The number of anilines is 1. The molecule has 0 saturated heterocycles. The molecule has 0 atom stereocenters. The Bertz CT molecular complexity index is 780. The van der Waals surface area contributed by atoms with E-state index < -0.39 is 0 Å². The smallest absolute Gasteiger partial charge is 0.208 e. The maximum absolute atomic E-state index is 12.2. The predicted molar refractivity (Wildman–Crippen MR) is 89.2 cm³/mol. The summed E-state index contributed by atoms with van der Waals surface area (Å²) in [5.74, 6) is -0.362. The molecule has 0 unspecified atom stereocenters. The largest absolute Gasteiger partial charge is 0.397 e.